The zero-order valence-electron chi connectivity index (χ0n) is 14.0. The normalized spacial score (nSPS) is 27.7. The minimum Gasteiger partial charge on any atom is -0.399 e. The van der Waals surface area contributed by atoms with E-state index in [9.17, 15) is 0 Å². The van der Waals surface area contributed by atoms with Crippen LogP contribution in [0.15, 0.2) is 29.4 Å². The van der Waals surface area contributed by atoms with E-state index >= 15 is 0 Å². The zero-order valence-corrected chi connectivity index (χ0v) is 14.0. The average molecular weight is 288 g/mol. The standard InChI is InChI=1S/C18H28N2O/c1-6-17(19-21-5)16-12-20(4)11-14(3)18(16)15-9-7-8-13(2)10-15/h7-10,14,16,18H,6,11-12H2,1-5H3/b19-17-/t14-,16-,18-/m1/s1. The Balaban J connectivity index is 2.39. The van der Waals surface area contributed by atoms with E-state index in [4.69, 9.17) is 4.84 Å². The number of likely N-dealkylation sites (tertiary alicyclic amines) is 1. The molecule has 3 atom stereocenters. The minimum absolute atomic E-state index is 0.436. The lowest BCUT2D eigenvalue weighted by molar-refractivity contribution is 0.156. The maximum absolute atomic E-state index is 5.10. The fraction of sp³-hybridized carbons (Fsp3) is 0.611. The lowest BCUT2D eigenvalue weighted by atomic mass is 9.72. The third-order valence-electron chi connectivity index (χ3n) is 4.58. The second kappa shape index (κ2) is 7.08. The number of nitrogens with zero attached hydrogens (tertiary/aromatic N) is 2. The Hall–Kier alpha value is -1.35. The molecule has 0 bridgehead atoms. The third-order valence-corrected chi connectivity index (χ3v) is 4.58. The van der Waals surface area contributed by atoms with Gasteiger partial charge in [-0.1, -0.05) is 48.8 Å². The lowest BCUT2D eigenvalue weighted by Gasteiger charge is -2.42. The second-order valence-corrected chi connectivity index (χ2v) is 6.36. The van der Waals surface area contributed by atoms with Crippen LogP contribution in [0.3, 0.4) is 0 Å². The highest BCUT2D eigenvalue weighted by Gasteiger charge is 2.36. The second-order valence-electron chi connectivity index (χ2n) is 6.36. The van der Waals surface area contributed by atoms with Crippen molar-refractivity contribution >= 4 is 5.71 Å². The Morgan fingerprint density at radius 1 is 1.38 bits per heavy atom. The van der Waals surface area contributed by atoms with Gasteiger partial charge in [-0.15, -0.1) is 0 Å². The van der Waals surface area contributed by atoms with Crippen LogP contribution in [0.2, 0.25) is 0 Å². The van der Waals surface area contributed by atoms with Crippen molar-refractivity contribution in [3.63, 3.8) is 0 Å². The van der Waals surface area contributed by atoms with E-state index in [2.05, 4.69) is 62.1 Å². The molecule has 1 aromatic rings. The molecule has 116 valence electrons. The van der Waals surface area contributed by atoms with Crippen LogP contribution in [0.1, 0.15) is 37.3 Å². The topological polar surface area (TPSA) is 24.8 Å². The zero-order chi connectivity index (χ0) is 15.4. The summed E-state index contributed by atoms with van der Waals surface area (Å²) in [6.07, 6.45) is 0.946. The molecule has 3 heteroatoms. The van der Waals surface area contributed by atoms with Crippen LogP contribution in [-0.2, 0) is 4.84 Å². The van der Waals surface area contributed by atoms with Gasteiger partial charge in [-0.25, -0.2) is 0 Å². The summed E-state index contributed by atoms with van der Waals surface area (Å²) < 4.78 is 0. The SMILES string of the molecule is CC/C(=N/OC)[C@H]1CN(C)C[C@@H](C)[C@@H]1c1cccc(C)c1. The quantitative estimate of drug-likeness (QED) is 0.623. The molecule has 1 aromatic carbocycles. The first-order valence-electron chi connectivity index (χ1n) is 7.91. The van der Waals surface area contributed by atoms with E-state index in [1.807, 2.05) is 0 Å². The van der Waals surface area contributed by atoms with Gasteiger partial charge in [0.15, 0.2) is 0 Å². The van der Waals surface area contributed by atoms with E-state index in [1.54, 1.807) is 7.11 Å². The first-order chi connectivity index (χ1) is 10.1. The van der Waals surface area contributed by atoms with Crippen molar-refractivity contribution < 1.29 is 4.84 Å². The van der Waals surface area contributed by atoms with Crippen molar-refractivity contribution in [2.75, 3.05) is 27.2 Å². The number of hydrogen-bond acceptors (Lipinski definition) is 3. The number of benzene rings is 1. The summed E-state index contributed by atoms with van der Waals surface area (Å²) in [4.78, 5) is 7.52. The van der Waals surface area contributed by atoms with Crippen LogP contribution in [-0.4, -0.2) is 37.9 Å². The van der Waals surface area contributed by atoms with Crippen LogP contribution in [0.4, 0.5) is 0 Å². The summed E-state index contributed by atoms with van der Waals surface area (Å²) in [7, 11) is 3.85. The van der Waals surface area contributed by atoms with Crippen LogP contribution in [0.25, 0.3) is 0 Å². The van der Waals surface area contributed by atoms with E-state index in [1.165, 1.54) is 16.8 Å². The first-order valence-corrected chi connectivity index (χ1v) is 7.91. The van der Waals surface area contributed by atoms with E-state index in [-0.39, 0.29) is 0 Å². The maximum atomic E-state index is 5.10. The minimum atomic E-state index is 0.436. The summed E-state index contributed by atoms with van der Waals surface area (Å²) in [5.41, 5.74) is 3.96. The van der Waals surface area contributed by atoms with Crippen molar-refractivity contribution in [3.05, 3.63) is 35.4 Å². The third kappa shape index (κ3) is 3.65. The van der Waals surface area contributed by atoms with Crippen molar-refractivity contribution in [3.8, 4) is 0 Å². The Bertz CT molecular complexity index is 498. The van der Waals surface area contributed by atoms with Crippen LogP contribution < -0.4 is 0 Å². The van der Waals surface area contributed by atoms with Gasteiger partial charge < -0.3 is 9.74 Å². The Kier molecular flexibility index (Phi) is 5.40. The van der Waals surface area contributed by atoms with Gasteiger partial charge in [0.05, 0.1) is 5.71 Å². The number of piperidine rings is 1. The molecular weight excluding hydrogens is 260 g/mol. The Morgan fingerprint density at radius 3 is 2.76 bits per heavy atom. The molecule has 1 aliphatic heterocycles. The van der Waals surface area contributed by atoms with Gasteiger partial charge in [0, 0.05) is 19.0 Å². The largest absolute Gasteiger partial charge is 0.399 e. The lowest BCUT2D eigenvalue weighted by Crippen LogP contribution is -2.45. The van der Waals surface area contributed by atoms with Crippen molar-refractivity contribution in [2.45, 2.75) is 33.1 Å². The predicted octanol–water partition coefficient (Wildman–Crippen LogP) is 3.69. The molecule has 0 spiro atoms. The van der Waals surface area contributed by atoms with Gasteiger partial charge in [0.25, 0.3) is 0 Å². The summed E-state index contributed by atoms with van der Waals surface area (Å²) in [6.45, 7) is 8.89. The van der Waals surface area contributed by atoms with Crippen LogP contribution in [0, 0.1) is 18.8 Å². The molecule has 0 aliphatic carbocycles. The molecule has 0 aromatic heterocycles. The Morgan fingerprint density at radius 2 is 2.14 bits per heavy atom. The van der Waals surface area contributed by atoms with Gasteiger partial charge in [0.2, 0.25) is 0 Å². The van der Waals surface area contributed by atoms with Crippen LogP contribution >= 0.6 is 0 Å². The van der Waals surface area contributed by atoms with Gasteiger partial charge in [-0.2, -0.15) is 0 Å². The molecule has 0 radical (unpaired) electrons. The Labute approximate surface area is 129 Å². The molecular formula is C18H28N2O. The molecule has 2 rings (SSSR count). The summed E-state index contributed by atoms with van der Waals surface area (Å²) in [5, 5.41) is 4.32. The monoisotopic (exact) mass is 288 g/mol. The van der Waals surface area contributed by atoms with E-state index in [0.717, 1.165) is 19.5 Å². The predicted molar refractivity (Wildman–Crippen MR) is 88.8 cm³/mol. The number of oxime groups is 1. The molecule has 1 aliphatic rings. The molecule has 0 N–H and O–H groups in total. The van der Waals surface area contributed by atoms with E-state index < -0.39 is 0 Å². The van der Waals surface area contributed by atoms with Crippen molar-refractivity contribution in [2.24, 2.45) is 17.0 Å². The molecule has 1 fully saturated rings. The number of rotatable bonds is 4. The van der Waals surface area contributed by atoms with Crippen LogP contribution in [0.5, 0.6) is 0 Å². The van der Waals surface area contributed by atoms with Gasteiger partial charge in [0.1, 0.15) is 7.11 Å². The molecule has 21 heavy (non-hydrogen) atoms. The summed E-state index contributed by atoms with van der Waals surface area (Å²) in [5.74, 6) is 1.57. The maximum Gasteiger partial charge on any atom is 0.106 e. The van der Waals surface area contributed by atoms with Gasteiger partial charge in [-0.3, -0.25) is 0 Å². The fourth-order valence-electron chi connectivity index (χ4n) is 3.79. The molecule has 0 unspecified atom stereocenters. The highest BCUT2D eigenvalue weighted by molar-refractivity contribution is 5.87. The van der Waals surface area contributed by atoms with E-state index in [0.29, 0.717) is 17.8 Å². The van der Waals surface area contributed by atoms with Gasteiger partial charge >= 0.3 is 0 Å². The molecule has 3 nitrogen and oxygen atoms in total. The highest BCUT2D eigenvalue weighted by Crippen LogP contribution is 2.38. The van der Waals surface area contributed by atoms with Gasteiger partial charge in [-0.05, 0) is 37.8 Å². The molecule has 0 amide bonds. The molecule has 0 saturated carbocycles. The smallest absolute Gasteiger partial charge is 0.106 e. The summed E-state index contributed by atoms with van der Waals surface area (Å²) in [6, 6.07) is 8.94. The highest BCUT2D eigenvalue weighted by atomic mass is 16.6. The average Bonchev–Trinajstić information content (AvgIpc) is 2.43. The number of aryl methyl sites for hydroxylation is 1. The molecule has 1 heterocycles. The first kappa shape index (κ1) is 16.0. The van der Waals surface area contributed by atoms with Crippen molar-refractivity contribution in [1.82, 2.24) is 4.90 Å². The van der Waals surface area contributed by atoms with Crippen molar-refractivity contribution in [1.29, 1.82) is 0 Å². The fourth-order valence-corrected chi connectivity index (χ4v) is 3.79. The summed E-state index contributed by atoms with van der Waals surface area (Å²) >= 11 is 0. The molecule has 1 saturated heterocycles. The number of hydrogen-bond donors (Lipinski definition) is 0.